The fourth-order valence-electron chi connectivity index (χ4n) is 4.02. The van der Waals surface area contributed by atoms with E-state index in [0.717, 1.165) is 22.3 Å². The highest BCUT2D eigenvalue weighted by Gasteiger charge is 2.25. The number of nitrogens with zero attached hydrogens (tertiary/aromatic N) is 4. The summed E-state index contributed by atoms with van der Waals surface area (Å²) in [6, 6.07) is 13.5. The van der Waals surface area contributed by atoms with E-state index in [9.17, 15) is 13.2 Å². The number of methoxy groups -OCH3 is 1. The normalized spacial score (nSPS) is 15.3. The van der Waals surface area contributed by atoms with Crippen LogP contribution in [0, 0.1) is 6.92 Å². The number of azo groups is 1. The lowest BCUT2D eigenvalue weighted by molar-refractivity contribution is -0.121. The molecule has 10 nitrogen and oxygen atoms in total. The molecule has 2 heterocycles. The zero-order valence-corrected chi connectivity index (χ0v) is 22.2. The van der Waals surface area contributed by atoms with E-state index < -0.39 is 10.0 Å². The maximum absolute atomic E-state index is 13.5. The molecule has 37 heavy (non-hydrogen) atoms. The van der Waals surface area contributed by atoms with Crippen LogP contribution in [-0.4, -0.2) is 63.1 Å². The lowest BCUT2D eigenvalue weighted by Gasteiger charge is -2.23. The number of pyridine rings is 1. The van der Waals surface area contributed by atoms with Gasteiger partial charge in [-0.2, -0.15) is 14.5 Å². The number of ether oxygens (including phenoxy) is 1. The van der Waals surface area contributed by atoms with Gasteiger partial charge in [-0.05, 0) is 55.5 Å². The van der Waals surface area contributed by atoms with Crippen LogP contribution in [0.4, 0.5) is 5.69 Å². The Bertz CT molecular complexity index is 1400. The van der Waals surface area contributed by atoms with E-state index in [4.69, 9.17) is 16.3 Å². The Morgan fingerprint density at radius 1 is 1.16 bits per heavy atom. The molecule has 0 radical (unpaired) electrons. The third-order valence-electron chi connectivity index (χ3n) is 5.91. The van der Waals surface area contributed by atoms with Crippen LogP contribution in [0.15, 0.2) is 63.7 Å². The van der Waals surface area contributed by atoms with Gasteiger partial charge in [0.15, 0.2) is 0 Å². The van der Waals surface area contributed by atoms with Crippen molar-refractivity contribution in [2.75, 3.05) is 38.6 Å². The lowest BCUT2D eigenvalue weighted by atomic mass is 10.1. The van der Waals surface area contributed by atoms with E-state index in [1.54, 1.807) is 18.2 Å². The molecule has 4 rings (SSSR count). The third kappa shape index (κ3) is 6.73. The first kappa shape index (κ1) is 26.8. The Hall–Kier alpha value is -3.28. The molecule has 196 valence electrons. The van der Waals surface area contributed by atoms with Crippen molar-refractivity contribution in [1.82, 2.24) is 14.6 Å². The fraction of sp³-hybridized carbons (Fsp3) is 0.360. The Morgan fingerprint density at radius 3 is 2.65 bits per heavy atom. The Kier molecular flexibility index (Phi) is 8.57. The van der Waals surface area contributed by atoms with Crippen molar-refractivity contribution in [2.24, 2.45) is 10.2 Å². The number of carbonyl (C=O) groups excluding carboxylic acids is 1. The maximum atomic E-state index is 13.5. The molecular weight excluding hydrogens is 516 g/mol. The molecule has 2 aromatic carbocycles. The molecule has 1 unspecified atom stereocenters. The Balaban J connectivity index is 1.50. The highest BCUT2D eigenvalue weighted by atomic mass is 35.5. The van der Waals surface area contributed by atoms with Gasteiger partial charge in [0, 0.05) is 54.3 Å². The number of hydrogen-bond donors (Lipinski definition) is 2. The average Bonchev–Trinajstić information content (AvgIpc) is 3.39. The summed E-state index contributed by atoms with van der Waals surface area (Å²) in [4.78, 5) is 17.1. The Labute approximate surface area is 221 Å². The SMILES string of the molecule is COc1ccc(S(=O)(=O)N(CCNc2cc(C)nc3ccc(Cl)cc23)CCC(=O)NC2CCN=N2)cc1. The summed E-state index contributed by atoms with van der Waals surface area (Å²) in [6.45, 7) is 2.91. The van der Waals surface area contributed by atoms with Crippen molar-refractivity contribution in [3.63, 3.8) is 0 Å². The molecule has 0 saturated heterocycles. The zero-order valence-electron chi connectivity index (χ0n) is 20.6. The zero-order chi connectivity index (χ0) is 26.4. The number of amides is 1. The lowest BCUT2D eigenvalue weighted by Crippen LogP contribution is -2.39. The predicted molar refractivity (Wildman–Crippen MR) is 143 cm³/mol. The molecule has 1 aliphatic heterocycles. The number of anilines is 1. The molecule has 3 aromatic rings. The number of rotatable bonds is 11. The molecule has 0 bridgehead atoms. The number of fused-ring (bicyclic) bond motifs is 1. The molecule has 1 aromatic heterocycles. The minimum Gasteiger partial charge on any atom is -0.497 e. The van der Waals surface area contributed by atoms with Crippen LogP contribution < -0.4 is 15.4 Å². The molecule has 1 atom stereocenters. The highest BCUT2D eigenvalue weighted by Crippen LogP contribution is 2.26. The van der Waals surface area contributed by atoms with Gasteiger partial charge in [-0.15, -0.1) is 0 Å². The van der Waals surface area contributed by atoms with Crippen LogP contribution in [-0.2, 0) is 14.8 Å². The van der Waals surface area contributed by atoms with Crippen LogP contribution in [0.25, 0.3) is 10.9 Å². The topological polar surface area (TPSA) is 125 Å². The van der Waals surface area contributed by atoms with Gasteiger partial charge >= 0.3 is 0 Å². The molecule has 2 N–H and O–H groups in total. The summed E-state index contributed by atoms with van der Waals surface area (Å²) in [5, 5.41) is 15.4. The minimum absolute atomic E-state index is 0.00565. The van der Waals surface area contributed by atoms with Gasteiger partial charge in [0.1, 0.15) is 11.9 Å². The summed E-state index contributed by atoms with van der Waals surface area (Å²) in [5.41, 5.74) is 2.41. The van der Waals surface area contributed by atoms with Crippen molar-refractivity contribution in [3.05, 3.63) is 59.2 Å². The number of aromatic nitrogens is 1. The van der Waals surface area contributed by atoms with Crippen LogP contribution in [0.1, 0.15) is 18.5 Å². The second-order valence-electron chi connectivity index (χ2n) is 8.58. The first-order chi connectivity index (χ1) is 17.8. The van der Waals surface area contributed by atoms with Gasteiger partial charge in [-0.25, -0.2) is 8.42 Å². The molecule has 0 spiro atoms. The number of hydrogen-bond acceptors (Lipinski definition) is 8. The number of sulfonamides is 1. The first-order valence-electron chi connectivity index (χ1n) is 11.9. The maximum Gasteiger partial charge on any atom is 0.243 e. The quantitative estimate of drug-likeness (QED) is 0.376. The predicted octanol–water partition coefficient (Wildman–Crippen LogP) is 4.00. The van der Waals surface area contributed by atoms with E-state index in [0.29, 0.717) is 30.3 Å². The van der Waals surface area contributed by atoms with Gasteiger partial charge in [-0.1, -0.05) is 11.6 Å². The summed E-state index contributed by atoms with van der Waals surface area (Å²) in [5.74, 6) is 0.273. The number of carbonyl (C=O) groups is 1. The van der Waals surface area contributed by atoms with Gasteiger partial charge in [0.25, 0.3) is 0 Å². The smallest absolute Gasteiger partial charge is 0.243 e. The monoisotopic (exact) mass is 544 g/mol. The Morgan fingerprint density at radius 2 is 1.95 bits per heavy atom. The van der Waals surface area contributed by atoms with Crippen LogP contribution in [0.3, 0.4) is 0 Å². The van der Waals surface area contributed by atoms with E-state index in [2.05, 4.69) is 25.8 Å². The standard InChI is InChI=1S/C25H29ClN6O4S/c1-17-15-23(21-16-18(26)3-8-22(21)29-17)27-12-14-32(13-10-25(33)30-24-9-11-28-31-24)37(34,35)20-6-4-19(36-2)5-7-20/h3-8,15-16,24H,9-14H2,1-2H3,(H,27,29)(H,30,33). The summed E-state index contributed by atoms with van der Waals surface area (Å²) in [6.07, 6.45) is 0.289. The van der Waals surface area contributed by atoms with Crippen molar-refractivity contribution in [3.8, 4) is 5.75 Å². The van der Waals surface area contributed by atoms with Gasteiger partial charge in [0.2, 0.25) is 15.9 Å². The van der Waals surface area contributed by atoms with E-state index in [-0.39, 0.29) is 36.5 Å². The van der Waals surface area contributed by atoms with Crippen molar-refractivity contribution >= 4 is 44.1 Å². The number of halogens is 1. The second-order valence-corrected chi connectivity index (χ2v) is 11.0. The molecule has 12 heteroatoms. The summed E-state index contributed by atoms with van der Waals surface area (Å²) >= 11 is 6.19. The van der Waals surface area contributed by atoms with Gasteiger partial charge in [-0.3, -0.25) is 9.78 Å². The van der Waals surface area contributed by atoms with Crippen molar-refractivity contribution in [1.29, 1.82) is 0 Å². The molecule has 1 aliphatic rings. The van der Waals surface area contributed by atoms with E-state index in [1.165, 1.54) is 23.5 Å². The minimum atomic E-state index is -3.88. The molecule has 0 fully saturated rings. The third-order valence-corrected chi connectivity index (χ3v) is 8.06. The molecule has 0 aliphatic carbocycles. The van der Waals surface area contributed by atoms with Crippen molar-refractivity contribution < 1.29 is 17.9 Å². The molecule has 1 amide bonds. The van der Waals surface area contributed by atoms with Crippen LogP contribution in [0.5, 0.6) is 5.75 Å². The highest BCUT2D eigenvalue weighted by molar-refractivity contribution is 7.89. The van der Waals surface area contributed by atoms with Crippen LogP contribution in [0.2, 0.25) is 5.02 Å². The number of nitrogens with one attached hydrogen (secondary N) is 2. The average molecular weight is 545 g/mol. The number of benzene rings is 2. The number of aryl methyl sites for hydroxylation is 1. The molecule has 0 saturated carbocycles. The van der Waals surface area contributed by atoms with Crippen LogP contribution >= 0.6 is 11.6 Å². The van der Waals surface area contributed by atoms with E-state index in [1.807, 2.05) is 25.1 Å². The largest absolute Gasteiger partial charge is 0.497 e. The van der Waals surface area contributed by atoms with E-state index >= 15 is 0 Å². The summed E-state index contributed by atoms with van der Waals surface area (Å²) in [7, 11) is -2.36. The fourth-order valence-corrected chi connectivity index (χ4v) is 5.63. The molecular formula is C25H29ClN6O4S. The second kappa shape index (κ2) is 11.8. The summed E-state index contributed by atoms with van der Waals surface area (Å²) < 4.78 is 33.5. The first-order valence-corrected chi connectivity index (χ1v) is 13.7. The van der Waals surface area contributed by atoms with Gasteiger partial charge in [0.05, 0.1) is 24.1 Å². The van der Waals surface area contributed by atoms with Gasteiger partial charge < -0.3 is 15.4 Å². The van der Waals surface area contributed by atoms with Crippen molar-refractivity contribution in [2.45, 2.75) is 30.8 Å².